The van der Waals surface area contributed by atoms with E-state index in [2.05, 4.69) is 20.7 Å². The Morgan fingerprint density at radius 1 is 0.912 bits per heavy atom. The molecule has 0 spiro atoms. The third-order valence-electron chi connectivity index (χ3n) is 4.55. The van der Waals surface area contributed by atoms with Gasteiger partial charge >= 0.3 is 6.03 Å². The molecule has 9 nitrogen and oxygen atoms in total. The van der Waals surface area contributed by atoms with E-state index < -0.39 is 22.0 Å². The molecule has 0 aliphatic rings. The Labute approximate surface area is 196 Å². The van der Waals surface area contributed by atoms with Gasteiger partial charge < -0.3 is 20.7 Å². The molecule has 0 atom stereocenters. The van der Waals surface area contributed by atoms with Gasteiger partial charge in [-0.15, -0.1) is 0 Å². The molecule has 34 heavy (non-hydrogen) atoms. The maximum absolute atomic E-state index is 12.9. The number of amides is 3. The van der Waals surface area contributed by atoms with Gasteiger partial charge in [0, 0.05) is 17.9 Å². The maximum atomic E-state index is 12.9. The highest BCUT2D eigenvalue weighted by Crippen LogP contribution is 2.21. The van der Waals surface area contributed by atoms with Crippen LogP contribution in [0, 0.1) is 5.82 Å². The number of hydrogen-bond donors (Lipinski definition) is 4. The zero-order valence-electron chi connectivity index (χ0n) is 18.2. The molecule has 0 radical (unpaired) electrons. The Kier molecular flexibility index (Phi) is 8.04. The van der Waals surface area contributed by atoms with E-state index in [4.69, 9.17) is 4.74 Å². The lowest BCUT2D eigenvalue weighted by atomic mass is 10.2. The number of rotatable bonds is 9. The van der Waals surface area contributed by atoms with Crippen molar-refractivity contribution in [2.45, 2.75) is 11.4 Å². The van der Waals surface area contributed by atoms with Crippen LogP contribution in [0.25, 0.3) is 0 Å². The molecule has 11 heteroatoms. The second kappa shape index (κ2) is 11.1. The van der Waals surface area contributed by atoms with Crippen molar-refractivity contribution >= 4 is 33.3 Å². The first-order valence-electron chi connectivity index (χ1n) is 10.1. The number of urea groups is 1. The molecule has 4 N–H and O–H groups in total. The summed E-state index contributed by atoms with van der Waals surface area (Å²) in [6.07, 6.45) is 0. The summed E-state index contributed by atoms with van der Waals surface area (Å²) in [4.78, 5) is 24.0. The quantitative estimate of drug-likeness (QED) is 0.370. The van der Waals surface area contributed by atoms with Crippen LogP contribution in [0.15, 0.2) is 77.7 Å². The highest BCUT2D eigenvalue weighted by Gasteiger charge is 2.15. The van der Waals surface area contributed by atoms with Crippen LogP contribution < -0.4 is 25.4 Å². The summed E-state index contributed by atoms with van der Waals surface area (Å²) in [5.41, 5.74) is 1.30. The summed E-state index contributed by atoms with van der Waals surface area (Å²) in [5, 5.41) is 7.48. The van der Waals surface area contributed by atoms with Gasteiger partial charge in [-0.05, 0) is 60.2 Å². The Bertz CT molecular complexity index is 1250. The number of sulfonamides is 1. The summed E-state index contributed by atoms with van der Waals surface area (Å²) >= 11 is 0. The predicted octanol–water partition coefficient (Wildman–Crippen LogP) is 3.07. The van der Waals surface area contributed by atoms with Gasteiger partial charge in [0.25, 0.3) is 10.0 Å². The Balaban J connectivity index is 1.51. The van der Waals surface area contributed by atoms with Gasteiger partial charge in [0.1, 0.15) is 11.6 Å². The molecule has 0 heterocycles. The number of carbonyl (C=O) groups excluding carboxylic acids is 2. The molecule has 0 unspecified atom stereocenters. The minimum absolute atomic E-state index is 0.0499. The Morgan fingerprint density at radius 3 is 2.29 bits per heavy atom. The Hall–Kier alpha value is -4.12. The number of halogens is 1. The van der Waals surface area contributed by atoms with Crippen LogP contribution in [-0.2, 0) is 21.4 Å². The zero-order valence-corrected chi connectivity index (χ0v) is 19.0. The standard InChI is InChI=1S/C23H23FN4O5S/c1-33-20-11-9-18(10-12-20)28-34(31,32)21-4-2-3-19(13-21)27-22(29)15-26-23(30)25-14-16-5-7-17(24)8-6-16/h2-13,28H,14-15H2,1H3,(H,27,29)(H2,25,26,30). The van der Waals surface area contributed by atoms with Gasteiger partial charge in [0.05, 0.1) is 18.6 Å². The lowest BCUT2D eigenvalue weighted by molar-refractivity contribution is -0.115. The second-order valence-electron chi connectivity index (χ2n) is 7.07. The molecular weight excluding hydrogens is 463 g/mol. The van der Waals surface area contributed by atoms with Gasteiger partial charge in [-0.2, -0.15) is 0 Å². The van der Waals surface area contributed by atoms with Crippen molar-refractivity contribution in [2.75, 3.05) is 23.7 Å². The van der Waals surface area contributed by atoms with Crippen molar-refractivity contribution in [3.8, 4) is 5.75 Å². The highest BCUT2D eigenvalue weighted by molar-refractivity contribution is 7.92. The molecule has 3 aromatic rings. The molecule has 178 valence electrons. The molecule has 3 aromatic carbocycles. The molecule has 0 aliphatic carbocycles. The summed E-state index contributed by atoms with van der Waals surface area (Å²) in [5.74, 6) is -0.335. The monoisotopic (exact) mass is 486 g/mol. The number of carbonyl (C=O) groups is 2. The normalized spacial score (nSPS) is 10.8. The SMILES string of the molecule is COc1ccc(NS(=O)(=O)c2cccc(NC(=O)CNC(=O)NCc3ccc(F)cc3)c2)cc1. The van der Waals surface area contributed by atoms with Crippen LogP contribution in [0.1, 0.15) is 5.56 Å². The third kappa shape index (κ3) is 7.20. The van der Waals surface area contributed by atoms with E-state index in [9.17, 15) is 22.4 Å². The molecule has 0 saturated carbocycles. The van der Waals surface area contributed by atoms with Crippen molar-refractivity contribution in [1.29, 1.82) is 0 Å². The summed E-state index contributed by atoms with van der Waals surface area (Å²) in [7, 11) is -2.39. The molecule has 3 amide bonds. The molecule has 0 saturated heterocycles. The summed E-state index contributed by atoms with van der Waals surface area (Å²) in [6.45, 7) is -0.175. The van der Waals surface area contributed by atoms with Crippen LogP contribution in [0.2, 0.25) is 0 Å². The topological polar surface area (TPSA) is 126 Å². The number of ether oxygens (including phenoxy) is 1. The van der Waals surface area contributed by atoms with Crippen molar-refractivity contribution < 1.29 is 27.1 Å². The smallest absolute Gasteiger partial charge is 0.315 e. The lowest BCUT2D eigenvalue weighted by Crippen LogP contribution is -2.39. The maximum Gasteiger partial charge on any atom is 0.315 e. The second-order valence-corrected chi connectivity index (χ2v) is 8.76. The summed E-state index contributed by atoms with van der Waals surface area (Å²) < 4.78 is 45.8. The van der Waals surface area contributed by atoms with E-state index in [0.29, 0.717) is 17.0 Å². The van der Waals surface area contributed by atoms with E-state index in [1.54, 1.807) is 24.3 Å². The van der Waals surface area contributed by atoms with Crippen LogP contribution in [-0.4, -0.2) is 34.0 Å². The van der Waals surface area contributed by atoms with Crippen molar-refractivity contribution in [1.82, 2.24) is 10.6 Å². The Morgan fingerprint density at radius 2 is 1.62 bits per heavy atom. The molecule has 0 aromatic heterocycles. The van der Waals surface area contributed by atoms with Crippen molar-refractivity contribution in [2.24, 2.45) is 0 Å². The van der Waals surface area contributed by atoms with E-state index in [1.165, 1.54) is 55.6 Å². The number of methoxy groups -OCH3 is 1. The lowest BCUT2D eigenvalue weighted by Gasteiger charge is -2.11. The molecule has 0 aliphatic heterocycles. The van der Waals surface area contributed by atoms with Gasteiger partial charge in [-0.3, -0.25) is 9.52 Å². The average Bonchev–Trinajstić information content (AvgIpc) is 2.83. The van der Waals surface area contributed by atoms with Gasteiger partial charge in [0.15, 0.2) is 0 Å². The number of benzene rings is 3. The van der Waals surface area contributed by atoms with Crippen LogP contribution in [0.4, 0.5) is 20.6 Å². The molecule has 3 rings (SSSR count). The minimum Gasteiger partial charge on any atom is -0.497 e. The average molecular weight is 487 g/mol. The minimum atomic E-state index is -3.90. The first kappa shape index (κ1) is 24.5. The zero-order chi connectivity index (χ0) is 24.6. The number of anilines is 2. The van der Waals surface area contributed by atoms with Crippen LogP contribution in [0.3, 0.4) is 0 Å². The van der Waals surface area contributed by atoms with E-state index in [0.717, 1.165) is 0 Å². The van der Waals surface area contributed by atoms with Gasteiger partial charge in [-0.25, -0.2) is 17.6 Å². The van der Waals surface area contributed by atoms with Crippen molar-refractivity contribution in [3.05, 3.63) is 84.2 Å². The van der Waals surface area contributed by atoms with E-state index in [-0.39, 0.29) is 29.5 Å². The van der Waals surface area contributed by atoms with Crippen molar-refractivity contribution in [3.63, 3.8) is 0 Å². The fourth-order valence-corrected chi connectivity index (χ4v) is 3.93. The first-order chi connectivity index (χ1) is 16.2. The first-order valence-corrected chi connectivity index (χ1v) is 11.6. The molecule has 0 fully saturated rings. The largest absolute Gasteiger partial charge is 0.497 e. The summed E-state index contributed by atoms with van der Waals surface area (Å²) in [6, 6.07) is 17.1. The van der Waals surface area contributed by atoms with Crippen LogP contribution in [0.5, 0.6) is 5.75 Å². The third-order valence-corrected chi connectivity index (χ3v) is 5.93. The highest BCUT2D eigenvalue weighted by atomic mass is 32.2. The number of nitrogens with one attached hydrogen (secondary N) is 4. The van der Waals surface area contributed by atoms with E-state index in [1.807, 2.05) is 0 Å². The fraction of sp³-hybridized carbons (Fsp3) is 0.130. The van der Waals surface area contributed by atoms with Gasteiger partial charge in [0.2, 0.25) is 5.91 Å². The number of hydrogen-bond acceptors (Lipinski definition) is 5. The van der Waals surface area contributed by atoms with Crippen LogP contribution >= 0.6 is 0 Å². The molecule has 0 bridgehead atoms. The van der Waals surface area contributed by atoms with Gasteiger partial charge in [-0.1, -0.05) is 18.2 Å². The fourth-order valence-electron chi connectivity index (χ4n) is 2.83. The predicted molar refractivity (Wildman–Crippen MR) is 126 cm³/mol. The molecular formula is C23H23FN4O5S. The van der Waals surface area contributed by atoms with E-state index >= 15 is 0 Å².